The number of methoxy groups -OCH3 is 1. The van der Waals surface area contributed by atoms with Gasteiger partial charge < -0.3 is 4.74 Å². The maximum Gasteiger partial charge on any atom is 0.208 e. The van der Waals surface area contributed by atoms with Crippen molar-refractivity contribution >= 4 is 16.9 Å². The fourth-order valence-electron chi connectivity index (χ4n) is 1.28. The van der Waals surface area contributed by atoms with Crippen molar-refractivity contribution in [2.24, 2.45) is 0 Å². The number of rotatable bonds is 6. The molecule has 0 rings (SSSR count). The second-order valence-electron chi connectivity index (χ2n) is 2.72. The van der Waals surface area contributed by atoms with Crippen LogP contribution < -0.4 is 0 Å². The molecule has 0 aromatic carbocycles. The predicted molar refractivity (Wildman–Crippen MR) is 57.1 cm³/mol. The predicted octanol–water partition coefficient (Wildman–Crippen LogP) is 1.23. The molecule has 0 saturated carbocycles. The standard InChI is InChI=1S/C9H19NO2S/c1-5-10(6-2)8(7-12-3)9(11)13-4/h8H,5-7H2,1-4H3/t8-/m0/s1. The van der Waals surface area contributed by atoms with Crippen LogP contribution in [0.5, 0.6) is 0 Å². The number of thioether (sulfide) groups is 1. The molecule has 0 saturated heterocycles. The van der Waals surface area contributed by atoms with Crippen molar-refractivity contribution in [2.45, 2.75) is 19.9 Å². The van der Waals surface area contributed by atoms with Crippen LogP contribution in [0.1, 0.15) is 13.8 Å². The lowest BCUT2D eigenvalue weighted by Crippen LogP contribution is -2.42. The van der Waals surface area contributed by atoms with Crippen LogP contribution >= 0.6 is 11.8 Å². The van der Waals surface area contributed by atoms with E-state index in [-0.39, 0.29) is 11.2 Å². The zero-order chi connectivity index (χ0) is 10.3. The monoisotopic (exact) mass is 205 g/mol. The Morgan fingerprint density at radius 2 is 2.00 bits per heavy atom. The Balaban J connectivity index is 4.28. The summed E-state index contributed by atoms with van der Waals surface area (Å²) in [4.78, 5) is 13.6. The van der Waals surface area contributed by atoms with Gasteiger partial charge in [0.1, 0.15) is 6.04 Å². The van der Waals surface area contributed by atoms with E-state index < -0.39 is 0 Å². The van der Waals surface area contributed by atoms with E-state index >= 15 is 0 Å². The van der Waals surface area contributed by atoms with Crippen LogP contribution in [0.2, 0.25) is 0 Å². The van der Waals surface area contributed by atoms with Crippen molar-refractivity contribution in [3.8, 4) is 0 Å². The highest BCUT2D eigenvalue weighted by Gasteiger charge is 2.22. The zero-order valence-electron chi connectivity index (χ0n) is 8.87. The van der Waals surface area contributed by atoms with Gasteiger partial charge in [-0.1, -0.05) is 25.6 Å². The Hall–Kier alpha value is -0.0600. The summed E-state index contributed by atoms with van der Waals surface area (Å²) in [6.45, 7) is 6.37. The first-order chi connectivity index (χ1) is 6.21. The van der Waals surface area contributed by atoms with Gasteiger partial charge >= 0.3 is 0 Å². The number of nitrogens with zero attached hydrogens (tertiary/aromatic N) is 1. The first-order valence-corrected chi connectivity index (χ1v) is 5.74. The summed E-state index contributed by atoms with van der Waals surface area (Å²) >= 11 is 1.27. The molecule has 1 atom stereocenters. The molecular formula is C9H19NO2S. The molecule has 0 heterocycles. The lowest BCUT2D eigenvalue weighted by Gasteiger charge is -2.26. The number of hydrogen-bond donors (Lipinski definition) is 0. The molecule has 3 nitrogen and oxygen atoms in total. The summed E-state index contributed by atoms with van der Waals surface area (Å²) < 4.78 is 5.04. The minimum Gasteiger partial charge on any atom is -0.383 e. The first-order valence-electron chi connectivity index (χ1n) is 4.52. The third-order valence-corrected chi connectivity index (χ3v) is 2.73. The van der Waals surface area contributed by atoms with Gasteiger partial charge in [-0.2, -0.15) is 0 Å². The fourth-order valence-corrected chi connectivity index (χ4v) is 1.77. The molecular weight excluding hydrogens is 186 g/mol. The minimum absolute atomic E-state index is 0.0880. The average Bonchev–Trinajstić information content (AvgIpc) is 2.17. The number of ether oxygens (including phenoxy) is 1. The molecule has 0 bridgehead atoms. The molecule has 0 aliphatic heterocycles. The summed E-state index contributed by atoms with van der Waals surface area (Å²) in [5, 5.41) is 0.186. The van der Waals surface area contributed by atoms with Crippen LogP contribution in [-0.2, 0) is 9.53 Å². The largest absolute Gasteiger partial charge is 0.383 e. The Morgan fingerprint density at radius 1 is 1.46 bits per heavy atom. The fraction of sp³-hybridized carbons (Fsp3) is 0.889. The quantitative estimate of drug-likeness (QED) is 0.652. The van der Waals surface area contributed by atoms with E-state index in [1.54, 1.807) is 7.11 Å². The Morgan fingerprint density at radius 3 is 2.31 bits per heavy atom. The summed E-state index contributed by atoms with van der Waals surface area (Å²) in [5.41, 5.74) is 0. The number of carbonyl (C=O) groups is 1. The van der Waals surface area contributed by atoms with Crippen LogP contribution in [0.3, 0.4) is 0 Å². The first kappa shape index (κ1) is 12.9. The SMILES string of the molecule is CCN(CC)[C@@H](COC)C(=O)SC. The molecule has 0 N–H and O–H groups in total. The number of carbonyl (C=O) groups excluding carboxylic acids is 1. The molecule has 0 aliphatic carbocycles. The topological polar surface area (TPSA) is 29.5 Å². The van der Waals surface area contributed by atoms with Gasteiger partial charge in [-0.05, 0) is 19.3 Å². The van der Waals surface area contributed by atoms with E-state index in [0.29, 0.717) is 6.61 Å². The Bertz CT molecular complexity index is 149. The highest BCUT2D eigenvalue weighted by Crippen LogP contribution is 2.08. The van der Waals surface area contributed by atoms with Crippen molar-refractivity contribution < 1.29 is 9.53 Å². The van der Waals surface area contributed by atoms with Crippen molar-refractivity contribution in [1.29, 1.82) is 0 Å². The molecule has 13 heavy (non-hydrogen) atoms. The zero-order valence-corrected chi connectivity index (χ0v) is 9.69. The highest BCUT2D eigenvalue weighted by molar-refractivity contribution is 8.13. The van der Waals surface area contributed by atoms with Crippen LogP contribution in [0.4, 0.5) is 0 Å². The van der Waals surface area contributed by atoms with Gasteiger partial charge in [0.05, 0.1) is 6.61 Å². The summed E-state index contributed by atoms with van der Waals surface area (Å²) in [5.74, 6) is 0. The molecule has 0 unspecified atom stereocenters. The number of likely N-dealkylation sites (N-methyl/N-ethyl adjacent to an activating group) is 1. The Labute approximate surface area is 84.8 Å². The van der Waals surface area contributed by atoms with Crippen LogP contribution in [-0.4, -0.2) is 49.1 Å². The molecule has 0 spiro atoms. The van der Waals surface area contributed by atoms with Gasteiger partial charge in [-0.15, -0.1) is 0 Å². The van der Waals surface area contributed by atoms with Crippen LogP contribution in [0.25, 0.3) is 0 Å². The normalized spacial score (nSPS) is 13.3. The van der Waals surface area contributed by atoms with E-state index in [1.165, 1.54) is 11.8 Å². The summed E-state index contributed by atoms with van der Waals surface area (Å²) in [7, 11) is 1.63. The van der Waals surface area contributed by atoms with Crippen molar-refractivity contribution in [2.75, 3.05) is 33.1 Å². The highest BCUT2D eigenvalue weighted by atomic mass is 32.2. The van der Waals surface area contributed by atoms with Gasteiger partial charge in [0.2, 0.25) is 5.12 Å². The third-order valence-electron chi connectivity index (χ3n) is 2.05. The van der Waals surface area contributed by atoms with Crippen molar-refractivity contribution in [3.05, 3.63) is 0 Å². The van der Waals surface area contributed by atoms with Gasteiger partial charge in [0, 0.05) is 7.11 Å². The lowest BCUT2D eigenvalue weighted by atomic mass is 10.3. The van der Waals surface area contributed by atoms with Gasteiger partial charge in [-0.3, -0.25) is 9.69 Å². The minimum atomic E-state index is -0.0880. The van der Waals surface area contributed by atoms with Gasteiger partial charge in [0.15, 0.2) is 0 Å². The maximum atomic E-state index is 11.5. The van der Waals surface area contributed by atoms with Crippen LogP contribution in [0.15, 0.2) is 0 Å². The van der Waals surface area contributed by atoms with E-state index in [4.69, 9.17) is 4.74 Å². The molecule has 0 amide bonds. The van der Waals surface area contributed by atoms with Gasteiger partial charge in [0.25, 0.3) is 0 Å². The molecule has 4 heteroatoms. The lowest BCUT2D eigenvalue weighted by molar-refractivity contribution is -0.117. The maximum absolute atomic E-state index is 11.5. The second-order valence-corrected chi connectivity index (χ2v) is 3.53. The van der Waals surface area contributed by atoms with E-state index in [2.05, 4.69) is 18.7 Å². The van der Waals surface area contributed by atoms with E-state index in [9.17, 15) is 4.79 Å². The second kappa shape index (κ2) is 7.35. The molecule has 0 aromatic rings. The average molecular weight is 205 g/mol. The number of hydrogen-bond acceptors (Lipinski definition) is 4. The Kier molecular flexibility index (Phi) is 7.32. The molecule has 0 fully saturated rings. The van der Waals surface area contributed by atoms with E-state index in [1.807, 2.05) is 6.26 Å². The molecule has 0 aliphatic rings. The van der Waals surface area contributed by atoms with Crippen molar-refractivity contribution in [3.63, 3.8) is 0 Å². The summed E-state index contributed by atoms with van der Waals surface area (Å²) in [6.07, 6.45) is 1.81. The van der Waals surface area contributed by atoms with Crippen LogP contribution in [0, 0.1) is 0 Å². The molecule has 0 aromatic heterocycles. The van der Waals surface area contributed by atoms with Gasteiger partial charge in [-0.25, -0.2) is 0 Å². The summed E-state index contributed by atoms with van der Waals surface area (Å²) in [6, 6.07) is -0.0880. The van der Waals surface area contributed by atoms with E-state index in [0.717, 1.165) is 13.1 Å². The third kappa shape index (κ3) is 4.11. The molecule has 0 radical (unpaired) electrons. The molecule has 78 valence electrons. The smallest absolute Gasteiger partial charge is 0.208 e. The van der Waals surface area contributed by atoms with Crippen molar-refractivity contribution in [1.82, 2.24) is 4.90 Å².